The molecule has 0 radical (unpaired) electrons. The summed E-state index contributed by atoms with van der Waals surface area (Å²) in [6.45, 7) is 16.0. The molecular weight excluding hydrogens is 444 g/mol. The molecule has 2 saturated heterocycles. The van der Waals surface area contributed by atoms with Gasteiger partial charge in [0.15, 0.2) is 0 Å². The van der Waals surface area contributed by atoms with Crippen LogP contribution in [0.3, 0.4) is 0 Å². The predicted molar refractivity (Wildman–Crippen MR) is 135 cm³/mol. The van der Waals surface area contributed by atoms with Gasteiger partial charge in [-0.2, -0.15) is 0 Å². The topological polar surface area (TPSA) is 95.9 Å². The lowest BCUT2D eigenvalue weighted by molar-refractivity contribution is -0.135. The van der Waals surface area contributed by atoms with Gasteiger partial charge in [-0.3, -0.25) is 14.9 Å². The lowest BCUT2D eigenvalue weighted by Crippen LogP contribution is -2.56. The average Bonchev–Trinajstić information content (AvgIpc) is 2.75. The van der Waals surface area contributed by atoms with E-state index in [4.69, 9.17) is 4.74 Å². The number of hydrogen-bond donors (Lipinski definition) is 2. The van der Waals surface area contributed by atoms with E-state index in [2.05, 4.69) is 11.9 Å². The fourth-order valence-electron chi connectivity index (χ4n) is 5.08. The third-order valence-electron chi connectivity index (χ3n) is 7.08. The van der Waals surface area contributed by atoms with Crippen LogP contribution in [-0.4, -0.2) is 46.6 Å². The van der Waals surface area contributed by atoms with E-state index in [1.54, 1.807) is 11.0 Å². The zero-order chi connectivity index (χ0) is 26.1. The molecule has 0 saturated carbocycles. The summed E-state index contributed by atoms with van der Waals surface area (Å²) in [5.41, 5.74) is 1.66. The van der Waals surface area contributed by atoms with Gasteiger partial charge in [-0.15, -0.1) is 0 Å². The molecule has 2 N–H and O–H groups in total. The molecule has 0 bridgehead atoms. The molecular formula is C28H38N2O5. The van der Waals surface area contributed by atoms with Gasteiger partial charge >= 0.3 is 6.09 Å². The highest BCUT2D eigenvalue weighted by Crippen LogP contribution is 2.42. The number of rotatable bonds is 4. The molecule has 7 heteroatoms. The van der Waals surface area contributed by atoms with Gasteiger partial charge < -0.3 is 14.7 Å². The summed E-state index contributed by atoms with van der Waals surface area (Å²) in [5, 5.41) is 14.3. The Morgan fingerprint density at radius 2 is 1.86 bits per heavy atom. The minimum Gasteiger partial charge on any atom is -0.444 e. The first kappa shape index (κ1) is 26.7. The quantitative estimate of drug-likeness (QED) is 0.492. The van der Waals surface area contributed by atoms with Crippen LogP contribution in [0.4, 0.5) is 4.79 Å². The van der Waals surface area contributed by atoms with Gasteiger partial charge in [0.05, 0.1) is 11.5 Å². The molecule has 3 rings (SSSR count). The van der Waals surface area contributed by atoms with Crippen LogP contribution in [0.5, 0.6) is 0 Å². The van der Waals surface area contributed by atoms with Crippen molar-refractivity contribution in [1.29, 1.82) is 0 Å². The van der Waals surface area contributed by atoms with Crippen molar-refractivity contribution in [3.8, 4) is 0 Å². The molecule has 3 atom stereocenters. The van der Waals surface area contributed by atoms with Crippen LogP contribution in [0, 0.1) is 24.7 Å². The highest BCUT2D eigenvalue weighted by Gasteiger charge is 2.47. The lowest BCUT2D eigenvalue weighted by atomic mass is 9.70. The number of benzene rings is 1. The summed E-state index contributed by atoms with van der Waals surface area (Å²) in [5.74, 6) is -1.46. The SMILES string of the molecule is C=C/C(=C\c1cc(C2(O)C(C)CN(C(=O)OC(C)(C)C)CC2C)ccc1C)C1CCC(=O)NC1=O. The van der Waals surface area contributed by atoms with Crippen molar-refractivity contribution in [3.63, 3.8) is 0 Å². The molecule has 3 amide bonds. The van der Waals surface area contributed by atoms with Gasteiger partial charge in [-0.1, -0.05) is 44.7 Å². The molecule has 0 spiro atoms. The maximum Gasteiger partial charge on any atom is 0.410 e. The Morgan fingerprint density at radius 3 is 2.40 bits per heavy atom. The third-order valence-corrected chi connectivity index (χ3v) is 7.08. The van der Waals surface area contributed by atoms with E-state index in [-0.39, 0.29) is 29.7 Å². The summed E-state index contributed by atoms with van der Waals surface area (Å²) in [4.78, 5) is 38.3. The molecule has 0 aromatic heterocycles. The Morgan fingerprint density at radius 1 is 1.23 bits per heavy atom. The molecule has 2 aliphatic rings. The van der Waals surface area contributed by atoms with E-state index in [1.165, 1.54) is 0 Å². The number of aryl methyl sites for hydroxylation is 1. The number of amides is 3. The summed E-state index contributed by atoms with van der Waals surface area (Å²) in [6, 6.07) is 5.85. The van der Waals surface area contributed by atoms with E-state index >= 15 is 0 Å². The van der Waals surface area contributed by atoms with E-state index < -0.39 is 17.1 Å². The highest BCUT2D eigenvalue weighted by molar-refractivity contribution is 6.00. The Bertz CT molecular complexity index is 1040. The smallest absolute Gasteiger partial charge is 0.410 e. The Hall–Kier alpha value is -2.93. The van der Waals surface area contributed by atoms with Crippen LogP contribution in [-0.2, 0) is 19.9 Å². The van der Waals surface area contributed by atoms with E-state index in [0.29, 0.717) is 25.9 Å². The van der Waals surface area contributed by atoms with Gasteiger partial charge in [0.25, 0.3) is 0 Å². The minimum absolute atomic E-state index is 0.229. The van der Waals surface area contributed by atoms with E-state index in [0.717, 1.165) is 22.3 Å². The number of allylic oxidation sites excluding steroid dienone is 1. The molecule has 3 unspecified atom stereocenters. The van der Waals surface area contributed by atoms with Crippen LogP contribution in [0.15, 0.2) is 36.4 Å². The zero-order valence-corrected chi connectivity index (χ0v) is 21.7. The number of aliphatic hydroxyl groups is 1. The molecule has 35 heavy (non-hydrogen) atoms. The number of carbonyl (C=O) groups is 3. The van der Waals surface area contributed by atoms with Gasteiger partial charge in [0, 0.05) is 31.3 Å². The minimum atomic E-state index is -1.14. The van der Waals surface area contributed by atoms with E-state index in [9.17, 15) is 19.5 Å². The number of imide groups is 1. The number of nitrogens with zero attached hydrogens (tertiary/aromatic N) is 1. The number of ether oxygens (including phenoxy) is 1. The second-order valence-electron chi connectivity index (χ2n) is 10.9. The lowest BCUT2D eigenvalue weighted by Gasteiger charge is -2.48. The summed E-state index contributed by atoms with van der Waals surface area (Å²) >= 11 is 0. The zero-order valence-electron chi connectivity index (χ0n) is 21.7. The number of piperidine rings is 2. The first-order valence-corrected chi connectivity index (χ1v) is 12.3. The van der Waals surface area contributed by atoms with Crippen molar-refractivity contribution < 1.29 is 24.2 Å². The van der Waals surface area contributed by atoms with Crippen molar-refractivity contribution in [2.45, 2.75) is 65.6 Å². The second kappa shape index (κ2) is 9.97. The molecule has 7 nitrogen and oxygen atoms in total. The fraction of sp³-hybridized carbons (Fsp3) is 0.536. The van der Waals surface area contributed by atoms with Crippen LogP contribution < -0.4 is 5.32 Å². The van der Waals surface area contributed by atoms with Crippen molar-refractivity contribution in [2.24, 2.45) is 17.8 Å². The standard InChI is InChI=1S/C28H38N2O5/c1-8-20(23-11-12-24(31)29-25(23)32)13-21-14-22(10-9-17(21)2)28(34)18(3)15-30(16-19(28)4)26(33)35-27(5,6)7/h8-10,13-14,18-19,23,34H,1,11-12,15-16H2,2-7H3,(H,29,31,32)/b20-13+. The predicted octanol–water partition coefficient (Wildman–Crippen LogP) is 4.33. The number of carbonyl (C=O) groups excluding carboxylic acids is 3. The summed E-state index contributed by atoms with van der Waals surface area (Å²) < 4.78 is 5.55. The van der Waals surface area contributed by atoms with Crippen LogP contribution in [0.25, 0.3) is 6.08 Å². The van der Waals surface area contributed by atoms with Crippen molar-refractivity contribution in [1.82, 2.24) is 10.2 Å². The highest BCUT2D eigenvalue weighted by atomic mass is 16.6. The maximum atomic E-state index is 12.7. The van der Waals surface area contributed by atoms with Crippen LogP contribution in [0.2, 0.25) is 0 Å². The number of likely N-dealkylation sites (tertiary alicyclic amines) is 1. The maximum absolute atomic E-state index is 12.7. The second-order valence-corrected chi connectivity index (χ2v) is 10.9. The summed E-state index contributed by atoms with van der Waals surface area (Å²) in [6.07, 6.45) is 3.94. The van der Waals surface area contributed by atoms with Gasteiger partial charge in [0.2, 0.25) is 11.8 Å². The molecule has 1 aromatic rings. The van der Waals surface area contributed by atoms with Crippen molar-refractivity contribution in [3.05, 3.63) is 53.1 Å². The first-order chi connectivity index (χ1) is 16.3. The normalized spacial score (nSPS) is 27.9. The molecule has 190 valence electrons. The van der Waals surface area contributed by atoms with Gasteiger partial charge in [-0.05, 0) is 62.4 Å². The average molecular weight is 483 g/mol. The van der Waals surface area contributed by atoms with Gasteiger partial charge in [-0.25, -0.2) is 4.79 Å². The van der Waals surface area contributed by atoms with E-state index in [1.807, 2.05) is 65.8 Å². The van der Waals surface area contributed by atoms with Crippen LogP contribution >= 0.6 is 0 Å². The molecule has 0 aliphatic carbocycles. The Labute approximate surface area is 208 Å². The van der Waals surface area contributed by atoms with Crippen LogP contribution in [0.1, 0.15) is 64.2 Å². The Balaban J connectivity index is 1.90. The molecule has 2 heterocycles. The largest absolute Gasteiger partial charge is 0.444 e. The Kier molecular flexibility index (Phi) is 7.60. The third kappa shape index (κ3) is 5.67. The van der Waals surface area contributed by atoms with Gasteiger partial charge in [0.1, 0.15) is 5.60 Å². The molecule has 1 aromatic carbocycles. The number of hydrogen-bond acceptors (Lipinski definition) is 5. The van der Waals surface area contributed by atoms with Crippen molar-refractivity contribution >= 4 is 24.0 Å². The summed E-state index contributed by atoms with van der Waals surface area (Å²) in [7, 11) is 0. The first-order valence-electron chi connectivity index (χ1n) is 12.3. The number of nitrogens with one attached hydrogen (secondary N) is 1. The fourth-order valence-corrected chi connectivity index (χ4v) is 5.08. The van der Waals surface area contributed by atoms with Crippen molar-refractivity contribution in [2.75, 3.05) is 13.1 Å². The molecule has 2 fully saturated rings. The monoisotopic (exact) mass is 482 g/mol. The molecule has 2 aliphatic heterocycles.